The van der Waals surface area contributed by atoms with Crippen molar-refractivity contribution in [2.75, 3.05) is 43.1 Å². The van der Waals surface area contributed by atoms with E-state index in [2.05, 4.69) is 0 Å². The van der Waals surface area contributed by atoms with E-state index in [9.17, 15) is 9.59 Å². The third-order valence-corrected chi connectivity index (χ3v) is 5.24. The molecular formula is C22H27N3O3. The number of para-hydroxylation sites is 1. The Bertz CT molecular complexity index is 850. The molecule has 1 N–H and O–H groups in total. The lowest BCUT2D eigenvalue weighted by molar-refractivity contribution is -0.121. The largest absolute Gasteiger partial charge is 0.395 e. The summed E-state index contributed by atoms with van der Waals surface area (Å²) in [7, 11) is 1.89. The number of anilines is 2. The van der Waals surface area contributed by atoms with Crippen molar-refractivity contribution in [3.05, 3.63) is 59.7 Å². The fourth-order valence-corrected chi connectivity index (χ4v) is 3.53. The highest BCUT2D eigenvalue weighted by Gasteiger charge is 2.34. The van der Waals surface area contributed by atoms with Crippen LogP contribution in [0.25, 0.3) is 0 Å². The molecule has 0 radical (unpaired) electrons. The molecule has 2 aromatic carbocycles. The quantitative estimate of drug-likeness (QED) is 0.863. The summed E-state index contributed by atoms with van der Waals surface area (Å²) in [5.41, 5.74) is 3.44. The van der Waals surface area contributed by atoms with Crippen molar-refractivity contribution in [3.8, 4) is 0 Å². The molecule has 1 heterocycles. The zero-order valence-electron chi connectivity index (χ0n) is 16.6. The van der Waals surface area contributed by atoms with E-state index in [0.29, 0.717) is 18.7 Å². The third kappa shape index (κ3) is 4.02. The summed E-state index contributed by atoms with van der Waals surface area (Å²) in [6, 6.07) is 15.0. The van der Waals surface area contributed by atoms with Crippen LogP contribution >= 0.6 is 0 Å². The molecule has 0 spiro atoms. The first kappa shape index (κ1) is 19.9. The Morgan fingerprint density at radius 3 is 2.50 bits per heavy atom. The number of hydrogen-bond acceptors (Lipinski definition) is 4. The number of aryl methyl sites for hydroxylation is 1. The monoisotopic (exact) mass is 381 g/mol. The van der Waals surface area contributed by atoms with Gasteiger partial charge < -0.3 is 19.8 Å². The third-order valence-electron chi connectivity index (χ3n) is 5.24. The molecule has 0 aromatic heterocycles. The lowest BCUT2D eigenvalue weighted by Crippen LogP contribution is -2.57. The Morgan fingerprint density at radius 2 is 1.86 bits per heavy atom. The standard InChI is InChI=1S/C22H27N3O3/c1-16-6-4-5-7-20(16)25-14-17(2)24(15-21(25)27)22(28)18-8-10-19(11-9-18)23(3)12-13-26/h4-11,17,26H,12-15H2,1-3H3/t17-/m0/s1. The normalized spacial score (nSPS) is 17.0. The SMILES string of the molecule is Cc1ccccc1N1C[C@H](C)N(C(=O)c2ccc(N(C)CCO)cc2)CC1=O. The lowest BCUT2D eigenvalue weighted by atomic mass is 10.1. The van der Waals surface area contributed by atoms with Crippen LogP contribution in [-0.4, -0.2) is 61.2 Å². The van der Waals surface area contributed by atoms with Crippen molar-refractivity contribution in [1.82, 2.24) is 4.90 Å². The number of nitrogens with zero attached hydrogens (tertiary/aromatic N) is 3. The molecule has 1 saturated heterocycles. The number of piperazine rings is 1. The number of benzene rings is 2. The zero-order chi connectivity index (χ0) is 20.3. The van der Waals surface area contributed by atoms with Gasteiger partial charge in [0.15, 0.2) is 0 Å². The average molecular weight is 381 g/mol. The topological polar surface area (TPSA) is 64.1 Å². The summed E-state index contributed by atoms with van der Waals surface area (Å²) < 4.78 is 0. The van der Waals surface area contributed by atoms with Gasteiger partial charge in [-0.15, -0.1) is 0 Å². The molecule has 1 aliphatic heterocycles. The van der Waals surface area contributed by atoms with E-state index in [1.807, 2.05) is 62.2 Å². The van der Waals surface area contributed by atoms with E-state index in [-0.39, 0.29) is 31.0 Å². The average Bonchev–Trinajstić information content (AvgIpc) is 2.70. The number of aliphatic hydroxyl groups excluding tert-OH is 1. The predicted molar refractivity (Wildman–Crippen MR) is 111 cm³/mol. The van der Waals surface area contributed by atoms with E-state index in [0.717, 1.165) is 16.9 Å². The van der Waals surface area contributed by atoms with Crippen LogP contribution < -0.4 is 9.80 Å². The highest BCUT2D eigenvalue weighted by atomic mass is 16.3. The molecule has 148 valence electrons. The first-order chi connectivity index (χ1) is 13.4. The van der Waals surface area contributed by atoms with E-state index in [1.54, 1.807) is 21.9 Å². The van der Waals surface area contributed by atoms with Gasteiger partial charge in [-0.05, 0) is 49.7 Å². The van der Waals surface area contributed by atoms with Crippen LogP contribution in [0.1, 0.15) is 22.8 Å². The smallest absolute Gasteiger partial charge is 0.254 e. The molecule has 1 fully saturated rings. The minimum atomic E-state index is -0.137. The summed E-state index contributed by atoms with van der Waals surface area (Å²) >= 11 is 0. The fraction of sp³-hybridized carbons (Fsp3) is 0.364. The Morgan fingerprint density at radius 1 is 1.18 bits per heavy atom. The Balaban J connectivity index is 1.73. The number of carbonyl (C=O) groups excluding carboxylic acids is 2. The second-order valence-electron chi connectivity index (χ2n) is 7.26. The highest BCUT2D eigenvalue weighted by molar-refractivity contribution is 6.02. The number of amides is 2. The molecular weight excluding hydrogens is 354 g/mol. The molecule has 2 aromatic rings. The van der Waals surface area contributed by atoms with Crippen LogP contribution in [0.2, 0.25) is 0 Å². The lowest BCUT2D eigenvalue weighted by Gasteiger charge is -2.40. The summed E-state index contributed by atoms with van der Waals surface area (Å²) in [4.78, 5) is 31.1. The van der Waals surface area contributed by atoms with Crippen molar-refractivity contribution in [2.45, 2.75) is 19.9 Å². The Kier molecular flexibility index (Phi) is 5.99. The summed E-state index contributed by atoms with van der Waals surface area (Å²) in [6.07, 6.45) is 0. The Labute approximate surface area is 166 Å². The van der Waals surface area contributed by atoms with Gasteiger partial charge in [0.1, 0.15) is 6.54 Å². The van der Waals surface area contributed by atoms with Crippen LogP contribution in [0.5, 0.6) is 0 Å². The van der Waals surface area contributed by atoms with Crippen molar-refractivity contribution < 1.29 is 14.7 Å². The summed E-state index contributed by atoms with van der Waals surface area (Å²) in [5, 5.41) is 9.05. The van der Waals surface area contributed by atoms with E-state index < -0.39 is 0 Å². The number of carbonyl (C=O) groups is 2. The fourth-order valence-electron chi connectivity index (χ4n) is 3.53. The van der Waals surface area contributed by atoms with E-state index in [1.165, 1.54) is 0 Å². The maximum Gasteiger partial charge on any atom is 0.254 e. The minimum absolute atomic E-state index is 0.0694. The molecule has 1 aliphatic rings. The van der Waals surface area contributed by atoms with Crippen molar-refractivity contribution in [3.63, 3.8) is 0 Å². The number of hydrogen-bond donors (Lipinski definition) is 1. The van der Waals surface area contributed by atoms with Gasteiger partial charge in [-0.1, -0.05) is 18.2 Å². The molecule has 1 atom stereocenters. The summed E-state index contributed by atoms with van der Waals surface area (Å²) in [6.45, 7) is 5.11. The first-order valence-electron chi connectivity index (χ1n) is 9.51. The molecule has 28 heavy (non-hydrogen) atoms. The van der Waals surface area contributed by atoms with Crippen LogP contribution in [0.3, 0.4) is 0 Å². The molecule has 0 aliphatic carbocycles. The van der Waals surface area contributed by atoms with E-state index in [4.69, 9.17) is 5.11 Å². The maximum atomic E-state index is 13.0. The van der Waals surface area contributed by atoms with Crippen molar-refractivity contribution in [1.29, 1.82) is 0 Å². The highest BCUT2D eigenvalue weighted by Crippen LogP contribution is 2.25. The van der Waals surface area contributed by atoms with Gasteiger partial charge in [0.05, 0.1) is 6.61 Å². The first-order valence-corrected chi connectivity index (χ1v) is 9.51. The number of likely N-dealkylation sites (N-methyl/N-ethyl adjacent to an activating group) is 1. The molecule has 6 nitrogen and oxygen atoms in total. The minimum Gasteiger partial charge on any atom is -0.395 e. The molecule has 0 bridgehead atoms. The van der Waals surface area contributed by atoms with Crippen LogP contribution in [0.15, 0.2) is 48.5 Å². The zero-order valence-corrected chi connectivity index (χ0v) is 16.6. The second kappa shape index (κ2) is 8.44. The maximum absolute atomic E-state index is 13.0. The Hall–Kier alpha value is -2.86. The number of aliphatic hydroxyl groups is 1. The van der Waals surface area contributed by atoms with Crippen LogP contribution in [-0.2, 0) is 4.79 Å². The van der Waals surface area contributed by atoms with Gasteiger partial charge in [-0.25, -0.2) is 0 Å². The summed E-state index contributed by atoms with van der Waals surface area (Å²) in [5.74, 6) is -0.207. The van der Waals surface area contributed by atoms with Crippen molar-refractivity contribution in [2.24, 2.45) is 0 Å². The van der Waals surface area contributed by atoms with E-state index >= 15 is 0 Å². The van der Waals surface area contributed by atoms with Crippen LogP contribution in [0, 0.1) is 6.92 Å². The van der Waals surface area contributed by atoms with Gasteiger partial charge in [-0.3, -0.25) is 9.59 Å². The number of rotatable bonds is 5. The van der Waals surface area contributed by atoms with Gasteiger partial charge in [0, 0.05) is 43.1 Å². The van der Waals surface area contributed by atoms with Gasteiger partial charge in [0.25, 0.3) is 5.91 Å². The molecule has 6 heteroatoms. The second-order valence-corrected chi connectivity index (χ2v) is 7.26. The van der Waals surface area contributed by atoms with Crippen molar-refractivity contribution >= 4 is 23.2 Å². The van der Waals surface area contributed by atoms with Gasteiger partial charge >= 0.3 is 0 Å². The molecule has 2 amide bonds. The predicted octanol–water partition coefficient (Wildman–Crippen LogP) is 2.30. The van der Waals surface area contributed by atoms with Gasteiger partial charge in [-0.2, -0.15) is 0 Å². The molecule has 3 rings (SSSR count). The molecule has 0 saturated carbocycles. The van der Waals surface area contributed by atoms with Crippen LogP contribution in [0.4, 0.5) is 11.4 Å². The van der Waals surface area contributed by atoms with Gasteiger partial charge in [0.2, 0.25) is 5.91 Å². The molecule has 0 unspecified atom stereocenters.